The number of imidazole rings is 1. The molecule has 0 saturated heterocycles. The largest absolute Gasteiger partial charge is 0.507 e. The minimum Gasteiger partial charge on any atom is -0.507 e. The van der Waals surface area contributed by atoms with Crippen LogP contribution in [0.3, 0.4) is 0 Å². The molecule has 2 heterocycles. The lowest BCUT2D eigenvalue weighted by Gasteiger charge is -2.16. The van der Waals surface area contributed by atoms with Crippen molar-refractivity contribution in [3.63, 3.8) is 0 Å². The van der Waals surface area contributed by atoms with Crippen LogP contribution in [0.1, 0.15) is 5.56 Å². The summed E-state index contributed by atoms with van der Waals surface area (Å²) in [5.74, 6) is 0.995. The van der Waals surface area contributed by atoms with Crippen molar-refractivity contribution >= 4 is 24.3 Å². The van der Waals surface area contributed by atoms with E-state index in [9.17, 15) is 5.11 Å². The second-order valence-electron chi connectivity index (χ2n) is 9.95. The van der Waals surface area contributed by atoms with Crippen LogP contribution in [0.15, 0.2) is 79.0 Å². The number of phenolic OH excluding ortho intramolecular Hbond substituents is 1. The number of nitrogens with zero attached hydrogens (tertiary/aromatic N) is 3. The topological polar surface area (TPSA) is 50.9 Å². The van der Waals surface area contributed by atoms with E-state index in [0.717, 1.165) is 50.4 Å². The maximum absolute atomic E-state index is 10.6. The third-order valence-corrected chi connectivity index (χ3v) is 8.43. The number of benzene rings is 3. The van der Waals surface area contributed by atoms with Crippen LogP contribution >= 0.6 is 0 Å². The van der Waals surface area contributed by atoms with Gasteiger partial charge < -0.3 is 9.67 Å². The number of hydrogen-bond acceptors (Lipinski definition) is 3. The van der Waals surface area contributed by atoms with E-state index < -0.39 is 8.07 Å². The molecule has 0 fully saturated rings. The van der Waals surface area contributed by atoms with E-state index >= 15 is 0 Å². The number of phenols is 1. The molecule has 0 saturated carbocycles. The van der Waals surface area contributed by atoms with Gasteiger partial charge in [0.15, 0.2) is 0 Å². The molecule has 0 bridgehead atoms. The Labute approximate surface area is 201 Å². The van der Waals surface area contributed by atoms with Crippen molar-refractivity contribution in [1.82, 2.24) is 14.5 Å². The highest BCUT2D eigenvalue weighted by Gasteiger charge is 2.18. The summed E-state index contributed by atoms with van der Waals surface area (Å²) in [4.78, 5) is 9.76. The molecule has 0 aliphatic rings. The SMILES string of the molecule is Cc1ccc(-c2nc3c(-c4cccc(-c5ccc([Si](C)(C)C)cn5)c4)cccc3n2C)c(O)c1. The Morgan fingerprint density at radius 1 is 0.824 bits per heavy atom. The van der Waals surface area contributed by atoms with Crippen LogP contribution in [0.5, 0.6) is 5.75 Å². The Morgan fingerprint density at radius 2 is 1.59 bits per heavy atom. The number of para-hydroxylation sites is 1. The average molecular weight is 464 g/mol. The summed E-state index contributed by atoms with van der Waals surface area (Å²) in [5.41, 5.74) is 7.91. The maximum atomic E-state index is 10.6. The number of fused-ring (bicyclic) bond motifs is 1. The third kappa shape index (κ3) is 3.92. The zero-order valence-corrected chi connectivity index (χ0v) is 21.3. The fraction of sp³-hybridized carbons (Fsp3) is 0.172. The normalized spacial score (nSPS) is 11.8. The van der Waals surface area contributed by atoms with E-state index in [-0.39, 0.29) is 5.75 Å². The van der Waals surface area contributed by atoms with Crippen molar-refractivity contribution < 1.29 is 5.11 Å². The van der Waals surface area contributed by atoms with Gasteiger partial charge in [0.25, 0.3) is 0 Å². The second-order valence-corrected chi connectivity index (χ2v) is 15.0. The lowest BCUT2D eigenvalue weighted by Crippen LogP contribution is -2.37. The zero-order valence-electron chi connectivity index (χ0n) is 20.3. The van der Waals surface area contributed by atoms with Crippen molar-refractivity contribution in [2.24, 2.45) is 7.05 Å². The summed E-state index contributed by atoms with van der Waals surface area (Å²) in [5, 5.41) is 11.9. The van der Waals surface area contributed by atoms with Gasteiger partial charge in [-0.25, -0.2) is 4.98 Å². The van der Waals surface area contributed by atoms with Crippen LogP contribution in [0.4, 0.5) is 0 Å². The first-order valence-corrected chi connectivity index (χ1v) is 15.0. The highest BCUT2D eigenvalue weighted by atomic mass is 28.3. The van der Waals surface area contributed by atoms with E-state index in [1.165, 1.54) is 5.19 Å². The predicted octanol–water partition coefficient (Wildman–Crippen LogP) is 6.53. The summed E-state index contributed by atoms with van der Waals surface area (Å²) in [6, 6.07) is 24.8. The highest BCUT2D eigenvalue weighted by molar-refractivity contribution is 6.88. The first kappa shape index (κ1) is 22.1. The maximum Gasteiger partial charge on any atom is 0.144 e. The molecule has 0 spiro atoms. The van der Waals surface area contributed by atoms with E-state index in [4.69, 9.17) is 9.97 Å². The Morgan fingerprint density at radius 3 is 2.29 bits per heavy atom. The molecule has 1 N–H and O–H groups in total. The summed E-state index contributed by atoms with van der Waals surface area (Å²) in [6.45, 7) is 8.98. The van der Waals surface area contributed by atoms with Gasteiger partial charge in [-0.05, 0) is 53.6 Å². The minimum atomic E-state index is -1.38. The number of hydrogen-bond donors (Lipinski definition) is 1. The summed E-state index contributed by atoms with van der Waals surface area (Å²) in [7, 11) is 0.614. The van der Waals surface area contributed by atoms with Gasteiger partial charge in [0.05, 0.1) is 30.4 Å². The van der Waals surface area contributed by atoms with E-state index in [1.54, 1.807) is 6.07 Å². The van der Waals surface area contributed by atoms with E-state index in [2.05, 4.69) is 74.2 Å². The minimum absolute atomic E-state index is 0.245. The fourth-order valence-electron chi connectivity index (χ4n) is 4.37. The lowest BCUT2D eigenvalue weighted by atomic mass is 10.0. The molecule has 5 aromatic rings. The first-order valence-electron chi connectivity index (χ1n) is 11.5. The first-order chi connectivity index (χ1) is 16.2. The molecular formula is C29H29N3OSi. The summed E-state index contributed by atoms with van der Waals surface area (Å²) >= 11 is 0. The van der Waals surface area contributed by atoms with Crippen LogP contribution in [0.25, 0.3) is 44.8 Å². The lowest BCUT2D eigenvalue weighted by molar-refractivity contribution is 0.476. The van der Waals surface area contributed by atoms with Crippen LogP contribution < -0.4 is 5.19 Å². The summed E-state index contributed by atoms with van der Waals surface area (Å²) < 4.78 is 2.05. The van der Waals surface area contributed by atoms with Crippen molar-refractivity contribution in [3.05, 3.63) is 84.6 Å². The van der Waals surface area contributed by atoms with Gasteiger partial charge >= 0.3 is 0 Å². The number of rotatable bonds is 4. The molecule has 5 rings (SSSR count). The second kappa shape index (κ2) is 8.26. The van der Waals surface area contributed by atoms with Gasteiger partial charge in [0, 0.05) is 24.4 Å². The predicted molar refractivity (Wildman–Crippen MR) is 144 cm³/mol. The summed E-state index contributed by atoms with van der Waals surface area (Å²) in [6.07, 6.45) is 2.04. The van der Waals surface area contributed by atoms with E-state index in [0.29, 0.717) is 0 Å². The van der Waals surface area contributed by atoms with Gasteiger partial charge in [-0.3, -0.25) is 4.98 Å². The van der Waals surface area contributed by atoms with E-state index in [1.807, 2.05) is 36.9 Å². The van der Waals surface area contributed by atoms with Gasteiger partial charge in [-0.15, -0.1) is 0 Å². The molecule has 0 aliphatic heterocycles. The van der Waals surface area contributed by atoms with Crippen molar-refractivity contribution in [2.45, 2.75) is 26.6 Å². The molecule has 0 amide bonds. The van der Waals surface area contributed by atoms with Crippen LogP contribution in [-0.2, 0) is 7.05 Å². The van der Waals surface area contributed by atoms with Gasteiger partial charge in [-0.2, -0.15) is 0 Å². The average Bonchev–Trinajstić information content (AvgIpc) is 3.15. The fourth-order valence-corrected chi connectivity index (χ4v) is 5.41. The van der Waals surface area contributed by atoms with Crippen molar-refractivity contribution in [2.75, 3.05) is 0 Å². The molecular weight excluding hydrogens is 434 g/mol. The molecule has 0 atom stereocenters. The molecule has 170 valence electrons. The molecule has 0 radical (unpaired) electrons. The van der Waals surface area contributed by atoms with Gasteiger partial charge in [0.2, 0.25) is 0 Å². The molecule has 34 heavy (non-hydrogen) atoms. The molecule has 4 nitrogen and oxygen atoms in total. The highest BCUT2D eigenvalue weighted by Crippen LogP contribution is 2.35. The van der Waals surface area contributed by atoms with Gasteiger partial charge in [-0.1, -0.05) is 62.1 Å². The molecule has 0 aliphatic carbocycles. The number of aromatic hydroxyl groups is 1. The van der Waals surface area contributed by atoms with Crippen LogP contribution in [-0.4, -0.2) is 27.7 Å². The molecule has 3 aromatic carbocycles. The van der Waals surface area contributed by atoms with Crippen LogP contribution in [0.2, 0.25) is 19.6 Å². The zero-order chi connectivity index (χ0) is 24.0. The Balaban J connectivity index is 1.60. The number of aromatic nitrogens is 3. The third-order valence-electron chi connectivity index (χ3n) is 6.40. The van der Waals surface area contributed by atoms with Gasteiger partial charge in [0.1, 0.15) is 11.6 Å². The Kier molecular flexibility index (Phi) is 5.37. The quantitative estimate of drug-likeness (QED) is 0.308. The van der Waals surface area contributed by atoms with Crippen molar-refractivity contribution in [1.29, 1.82) is 0 Å². The number of aryl methyl sites for hydroxylation is 2. The molecule has 5 heteroatoms. The Hall–Kier alpha value is -3.70. The Bertz CT molecular complexity index is 1510. The smallest absolute Gasteiger partial charge is 0.144 e. The molecule has 2 aromatic heterocycles. The molecule has 0 unspecified atom stereocenters. The van der Waals surface area contributed by atoms with Crippen molar-refractivity contribution in [3.8, 4) is 39.5 Å². The number of pyridine rings is 1. The standard InChI is InChI=1S/C29H29N3OSi/c1-19-12-14-24(27(33)16-19)29-31-28-23(10-7-11-26(28)32(29)2)20-8-6-9-21(17-20)25-15-13-22(18-30-25)34(3,4)5/h6-18,33H,1-5H3. The monoisotopic (exact) mass is 463 g/mol. The van der Waals surface area contributed by atoms with Crippen LogP contribution in [0, 0.1) is 6.92 Å².